The van der Waals surface area contributed by atoms with Crippen LogP contribution in [0.15, 0.2) is 27.5 Å². The van der Waals surface area contributed by atoms with E-state index in [0.29, 0.717) is 41.6 Å². The number of hydrogen-bond acceptors (Lipinski definition) is 5. The third-order valence-corrected chi connectivity index (χ3v) is 5.62. The highest BCUT2D eigenvalue weighted by atomic mass is 79.9. The summed E-state index contributed by atoms with van der Waals surface area (Å²) in [7, 11) is 0. The molecule has 0 aliphatic carbocycles. The Labute approximate surface area is 177 Å². The largest absolute Gasteiger partial charge is 0.379 e. The third kappa shape index (κ3) is 5.73. The van der Waals surface area contributed by atoms with Crippen molar-refractivity contribution in [3.05, 3.63) is 37.8 Å². The number of nitrogens with zero attached hydrogens (tertiary/aromatic N) is 2. The number of amides is 1. The molecule has 1 aromatic carbocycles. The Balaban J connectivity index is 1.45. The molecule has 0 spiro atoms. The summed E-state index contributed by atoms with van der Waals surface area (Å²) in [5, 5.41) is 3.53. The standard InChI is InChI=1S/C19H25BrN4O3S/c20-14-4-5-16-15(13-14)18(26)24(19(28)22-16)8-1-3-17(25)21-6-2-7-23-9-11-27-12-10-23/h4-5,13H,1-3,6-12H2,(H,21,25)(H,22,28). The number of benzene rings is 1. The fourth-order valence-corrected chi connectivity index (χ4v) is 3.91. The van der Waals surface area contributed by atoms with E-state index >= 15 is 0 Å². The van der Waals surface area contributed by atoms with Crippen molar-refractivity contribution in [3.63, 3.8) is 0 Å². The van der Waals surface area contributed by atoms with Crippen LogP contribution in [0.5, 0.6) is 0 Å². The average Bonchev–Trinajstić information content (AvgIpc) is 2.69. The first kappa shape index (κ1) is 21.2. The van der Waals surface area contributed by atoms with Crippen molar-refractivity contribution in [1.29, 1.82) is 0 Å². The number of carbonyl (C=O) groups is 1. The number of morpholine rings is 1. The molecule has 0 radical (unpaired) electrons. The molecule has 0 unspecified atom stereocenters. The SMILES string of the molecule is O=C(CCCn1c(=S)[nH]c2ccc(Br)cc2c1=O)NCCCN1CCOCC1. The highest BCUT2D eigenvalue weighted by molar-refractivity contribution is 9.10. The number of carbonyl (C=O) groups excluding carboxylic acids is 1. The Bertz CT molecular complexity index is 937. The zero-order valence-electron chi connectivity index (χ0n) is 15.7. The lowest BCUT2D eigenvalue weighted by Crippen LogP contribution is -2.38. The molecule has 1 saturated heterocycles. The molecule has 1 aliphatic heterocycles. The van der Waals surface area contributed by atoms with Gasteiger partial charge >= 0.3 is 0 Å². The number of nitrogens with one attached hydrogen (secondary N) is 2. The van der Waals surface area contributed by atoms with Gasteiger partial charge in [0.15, 0.2) is 4.77 Å². The lowest BCUT2D eigenvalue weighted by Gasteiger charge is -2.26. The summed E-state index contributed by atoms with van der Waals surface area (Å²) >= 11 is 8.69. The third-order valence-electron chi connectivity index (χ3n) is 4.81. The van der Waals surface area contributed by atoms with Crippen molar-refractivity contribution in [2.24, 2.45) is 0 Å². The van der Waals surface area contributed by atoms with Crippen molar-refractivity contribution >= 4 is 45.0 Å². The second kappa shape index (κ2) is 10.3. The molecule has 0 bridgehead atoms. The van der Waals surface area contributed by atoms with Gasteiger partial charge in [-0.2, -0.15) is 0 Å². The summed E-state index contributed by atoms with van der Waals surface area (Å²) in [5.74, 6) is 0.00783. The molecule has 2 heterocycles. The van der Waals surface area contributed by atoms with E-state index in [2.05, 4.69) is 31.1 Å². The molecular weight excluding hydrogens is 444 g/mol. The van der Waals surface area contributed by atoms with Crippen molar-refractivity contribution in [1.82, 2.24) is 19.8 Å². The summed E-state index contributed by atoms with van der Waals surface area (Å²) in [6, 6.07) is 5.46. The first-order chi connectivity index (χ1) is 13.5. The fourth-order valence-electron chi connectivity index (χ4n) is 3.27. The summed E-state index contributed by atoms with van der Waals surface area (Å²) in [6.45, 7) is 5.56. The van der Waals surface area contributed by atoms with E-state index in [1.807, 2.05) is 12.1 Å². The molecular formula is C19H25BrN4O3S. The lowest BCUT2D eigenvalue weighted by atomic mass is 10.2. The van der Waals surface area contributed by atoms with Gasteiger partial charge in [0.2, 0.25) is 5.91 Å². The number of halogens is 1. The quantitative estimate of drug-likeness (QED) is 0.459. The van der Waals surface area contributed by atoms with E-state index in [0.717, 1.165) is 43.7 Å². The van der Waals surface area contributed by atoms with Gasteiger partial charge in [0.05, 0.1) is 24.1 Å². The molecule has 1 aliphatic rings. The molecule has 7 nitrogen and oxygen atoms in total. The van der Waals surface area contributed by atoms with Gasteiger partial charge in [-0.15, -0.1) is 0 Å². The average molecular weight is 469 g/mol. The number of ether oxygens (including phenoxy) is 1. The molecule has 2 N–H and O–H groups in total. The highest BCUT2D eigenvalue weighted by Gasteiger charge is 2.10. The Morgan fingerprint density at radius 2 is 2.04 bits per heavy atom. The maximum Gasteiger partial charge on any atom is 0.262 e. The molecule has 9 heteroatoms. The molecule has 28 heavy (non-hydrogen) atoms. The van der Waals surface area contributed by atoms with E-state index in [-0.39, 0.29) is 11.5 Å². The van der Waals surface area contributed by atoms with Crippen LogP contribution in [0.3, 0.4) is 0 Å². The maximum absolute atomic E-state index is 12.7. The van der Waals surface area contributed by atoms with Gasteiger partial charge in [-0.05, 0) is 49.8 Å². The second-order valence-electron chi connectivity index (χ2n) is 6.84. The van der Waals surface area contributed by atoms with E-state index < -0.39 is 0 Å². The van der Waals surface area contributed by atoms with Crippen molar-refractivity contribution in [2.75, 3.05) is 39.4 Å². The number of hydrogen-bond donors (Lipinski definition) is 2. The van der Waals surface area contributed by atoms with Crippen molar-refractivity contribution < 1.29 is 9.53 Å². The van der Waals surface area contributed by atoms with Crippen molar-refractivity contribution in [2.45, 2.75) is 25.8 Å². The molecule has 152 valence electrons. The van der Waals surface area contributed by atoms with Crippen molar-refractivity contribution in [3.8, 4) is 0 Å². The van der Waals surface area contributed by atoms with Crippen LogP contribution in [0.1, 0.15) is 19.3 Å². The lowest BCUT2D eigenvalue weighted by molar-refractivity contribution is -0.121. The first-order valence-corrected chi connectivity index (χ1v) is 10.7. The van der Waals surface area contributed by atoms with Crippen LogP contribution in [0.4, 0.5) is 0 Å². The van der Waals surface area contributed by atoms with Crippen LogP contribution >= 0.6 is 28.1 Å². The number of fused-ring (bicyclic) bond motifs is 1. The van der Waals surface area contributed by atoms with Crippen LogP contribution < -0.4 is 10.9 Å². The minimum Gasteiger partial charge on any atom is -0.379 e. The summed E-state index contributed by atoms with van der Waals surface area (Å²) < 4.78 is 8.07. The normalized spacial score (nSPS) is 15.0. The molecule has 3 rings (SSSR count). The first-order valence-electron chi connectivity index (χ1n) is 9.54. The zero-order chi connectivity index (χ0) is 19.9. The topological polar surface area (TPSA) is 79.4 Å². The summed E-state index contributed by atoms with van der Waals surface area (Å²) in [5.41, 5.74) is 0.582. The number of rotatable bonds is 8. The van der Waals surface area contributed by atoms with Crippen LogP contribution in [0, 0.1) is 4.77 Å². The maximum atomic E-state index is 12.7. The van der Waals surface area contributed by atoms with Crippen LogP contribution in [0.25, 0.3) is 10.9 Å². The van der Waals surface area contributed by atoms with Gasteiger partial charge in [0.1, 0.15) is 0 Å². The van der Waals surface area contributed by atoms with Crippen LogP contribution in [0.2, 0.25) is 0 Å². The highest BCUT2D eigenvalue weighted by Crippen LogP contribution is 2.15. The van der Waals surface area contributed by atoms with Gasteiger partial charge in [-0.1, -0.05) is 15.9 Å². The number of aromatic amines is 1. The van der Waals surface area contributed by atoms with Gasteiger partial charge in [0.25, 0.3) is 5.56 Å². The molecule has 1 amide bonds. The smallest absolute Gasteiger partial charge is 0.262 e. The Hall–Kier alpha value is -1.55. The molecule has 2 aromatic rings. The Morgan fingerprint density at radius 1 is 1.25 bits per heavy atom. The van der Waals surface area contributed by atoms with Gasteiger partial charge < -0.3 is 15.0 Å². The minimum absolute atomic E-state index is 0.00783. The molecule has 0 saturated carbocycles. The minimum atomic E-state index is -0.133. The predicted octanol–water partition coefficient (Wildman–Crippen LogP) is 2.44. The predicted molar refractivity (Wildman–Crippen MR) is 115 cm³/mol. The number of aromatic nitrogens is 2. The molecule has 0 atom stereocenters. The van der Waals surface area contributed by atoms with E-state index in [1.54, 1.807) is 6.07 Å². The van der Waals surface area contributed by atoms with Gasteiger partial charge in [-0.3, -0.25) is 19.1 Å². The van der Waals surface area contributed by atoms with E-state index in [9.17, 15) is 9.59 Å². The fraction of sp³-hybridized carbons (Fsp3) is 0.526. The Kier molecular flexibility index (Phi) is 7.78. The van der Waals surface area contributed by atoms with Crippen LogP contribution in [-0.4, -0.2) is 59.8 Å². The van der Waals surface area contributed by atoms with Gasteiger partial charge in [0, 0.05) is 37.1 Å². The van der Waals surface area contributed by atoms with Crippen LogP contribution in [-0.2, 0) is 16.1 Å². The number of H-pyrrole nitrogens is 1. The molecule has 1 aromatic heterocycles. The molecule has 1 fully saturated rings. The Morgan fingerprint density at radius 3 is 2.82 bits per heavy atom. The zero-order valence-corrected chi connectivity index (χ0v) is 18.1. The summed E-state index contributed by atoms with van der Waals surface area (Å²) in [6.07, 6.45) is 1.86. The van der Waals surface area contributed by atoms with E-state index in [1.165, 1.54) is 4.57 Å². The van der Waals surface area contributed by atoms with E-state index in [4.69, 9.17) is 17.0 Å². The second-order valence-corrected chi connectivity index (χ2v) is 8.14. The monoisotopic (exact) mass is 468 g/mol. The van der Waals surface area contributed by atoms with Gasteiger partial charge in [-0.25, -0.2) is 0 Å². The summed E-state index contributed by atoms with van der Waals surface area (Å²) in [4.78, 5) is 30.1.